The van der Waals surface area contributed by atoms with Gasteiger partial charge in [0.1, 0.15) is 5.75 Å². The van der Waals surface area contributed by atoms with E-state index in [0.29, 0.717) is 0 Å². The Bertz CT molecular complexity index is 1480. The molecule has 0 amide bonds. The molecule has 1 aliphatic rings. The van der Waals surface area contributed by atoms with E-state index in [0.717, 1.165) is 16.9 Å². The highest BCUT2D eigenvalue weighted by Gasteiger charge is 2.41. The molecule has 1 unspecified atom stereocenters. The fourth-order valence-corrected chi connectivity index (χ4v) is 5.05. The van der Waals surface area contributed by atoms with Gasteiger partial charge in [0.2, 0.25) is 0 Å². The molecule has 0 radical (unpaired) electrons. The van der Waals surface area contributed by atoms with Gasteiger partial charge in [0.05, 0.1) is 0 Å². The Hall–Kier alpha value is -3.78. The van der Waals surface area contributed by atoms with Gasteiger partial charge >= 0.3 is 0 Å². The lowest BCUT2D eigenvalue weighted by molar-refractivity contribution is 0.162. The monoisotopic (exact) mass is 401 g/mol. The number of para-hydroxylation sites is 1. The second-order valence-corrected chi connectivity index (χ2v) is 8.27. The van der Waals surface area contributed by atoms with E-state index >= 15 is 0 Å². The predicted octanol–water partition coefficient (Wildman–Crippen LogP) is 6.99. The first kappa shape index (κ1) is 18.0. The van der Waals surface area contributed by atoms with Crippen LogP contribution in [0.15, 0.2) is 97.1 Å². The van der Waals surface area contributed by atoms with Crippen molar-refractivity contribution in [3.63, 3.8) is 0 Å². The number of aryl methyl sites for hydroxylation is 1. The van der Waals surface area contributed by atoms with Gasteiger partial charge in [0.15, 0.2) is 5.60 Å². The zero-order valence-corrected chi connectivity index (χ0v) is 17.7. The second kappa shape index (κ2) is 6.61. The topological polar surface area (TPSA) is 14.2 Å². The van der Waals surface area contributed by atoms with Gasteiger partial charge in [-0.05, 0) is 42.0 Å². The van der Waals surface area contributed by atoms with Crippen molar-refractivity contribution in [2.75, 3.05) is 0 Å². The second-order valence-electron chi connectivity index (χ2n) is 8.27. The van der Waals surface area contributed by atoms with E-state index in [4.69, 9.17) is 4.74 Å². The van der Waals surface area contributed by atoms with Crippen LogP contribution in [0.25, 0.3) is 27.8 Å². The summed E-state index contributed by atoms with van der Waals surface area (Å²) in [7, 11) is 2.13. The number of rotatable bonds is 2. The number of hydrogen-bond donors (Lipinski definition) is 0. The molecule has 0 N–H and O–H groups in total. The zero-order valence-electron chi connectivity index (χ0n) is 17.7. The van der Waals surface area contributed by atoms with Crippen molar-refractivity contribution in [1.29, 1.82) is 0 Å². The third-order valence-electron chi connectivity index (χ3n) is 6.66. The van der Waals surface area contributed by atoms with Crippen LogP contribution in [-0.2, 0) is 12.6 Å². The normalized spacial score (nSPS) is 17.6. The van der Waals surface area contributed by atoms with Crippen molar-refractivity contribution < 1.29 is 4.74 Å². The van der Waals surface area contributed by atoms with Gasteiger partial charge in [-0.2, -0.15) is 0 Å². The molecule has 4 aromatic carbocycles. The zero-order chi connectivity index (χ0) is 21.0. The number of nitrogens with zero attached hydrogens (tertiary/aromatic N) is 1. The molecule has 1 aliphatic heterocycles. The molecule has 150 valence electrons. The molecule has 2 nitrogen and oxygen atoms in total. The lowest BCUT2D eigenvalue weighted by atomic mass is 9.81. The largest absolute Gasteiger partial charge is 0.473 e. The van der Waals surface area contributed by atoms with Crippen LogP contribution in [0.1, 0.15) is 22.4 Å². The van der Waals surface area contributed by atoms with Gasteiger partial charge in [0, 0.05) is 40.3 Å². The third-order valence-corrected chi connectivity index (χ3v) is 6.66. The summed E-state index contributed by atoms with van der Waals surface area (Å²) in [5, 5.41) is 3.66. The van der Waals surface area contributed by atoms with Gasteiger partial charge in [-0.25, -0.2) is 0 Å². The van der Waals surface area contributed by atoms with Crippen molar-refractivity contribution in [2.45, 2.75) is 12.5 Å². The predicted molar refractivity (Wildman–Crippen MR) is 128 cm³/mol. The molecule has 0 saturated carbocycles. The molecule has 0 aliphatic carbocycles. The number of ether oxygens (including phenoxy) is 1. The SMILES string of the molecule is Cc1c(C2(c3ccccc3)C=Cc3c(ccc4ccccc34)O2)c2ccccc2n1C. The van der Waals surface area contributed by atoms with Gasteiger partial charge in [-0.3, -0.25) is 0 Å². The Kier molecular flexibility index (Phi) is 3.85. The van der Waals surface area contributed by atoms with Gasteiger partial charge in [0.25, 0.3) is 0 Å². The maximum atomic E-state index is 7.00. The smallest absolute Gasteiger partial charge is 0.180 e. The van der Waals surface area contributed by atoms with E-state index in [1.165, 1.54) is 32.9 Å². The van der Waals surface area contributed by atoms with Crippen LogP contribution in [0, 0.1) is 6.92 Å². The molecule has 6 rings (SSSR count). The minimum atomic E-state index is -0.693. The molecule has 0 bridgehead atoms. The average Bonchev–Trinajstić information content (AvgIpc) is 3.09. The molecule has 31 heavy (non-hydrogen) atoms. The molecule has 0 spiro atoms. The first-order valence-corrected chi connectivity index (χ1v) is 10.7. The first-order valence-electron chi connectivity index (χ1n) is 10.7. The Morgan fingerprint density at radius 3 is 2.29 bits per heavy atom. The Balaban J connectivity index is 1.68. The van der Waals surface area contributed by atoms with Crippen LogP contribution in [0.5, 0.6) is 5.75 Å². The average molecular weight is 402 g/mol. The summed E-state index contributed by atoms with van der Waals surface area (Å²) in [6.07, 6.45) is 4.49. The van der Waals surface area contributed by atoms with E-state index in [-0.39, 0.29) is 0 Å². The minimum Gasteiger partial charge on any atom is -0.473 e. The molecule has 1 aromatic heterocycles. The number of aromatic nitrogens is 1. The molecule has 2 heterocycles. The van der Waals surface area contributed by atoms with Crippen LogP contribution in [-0.4, -0.2) is 4.57 Å². The highest BCUT2D eigenvalue weighted by molar-refractivity contribution is 5.95. The number of benzene rings is 4. The van der Waals surface area contributed by atoms with Crippen molar-refractivity contribution in [3.8, 4) is 5.75 Å². The Morgan fingerprint density at radius 1 is 0.742 bits per heavy atom. The van der Waals surface area contributed by atoms with E-state index in [1.807, 2.05) is 0 Å². The minimum absolute atomic E-state index is 0.693. The fraction of sp³-hybridized carbons (Fsp3) is 0.103. The summed E-state index contributed by atoms with van der Waals surface area (Å²) < 4.78 is 9.27. The lowest BCUT2D eigenvalue weighted by Gasteiger charge is -2.36. The first-order chi connectivity index (χ1) is 15.2. The molecule has 1 atom stereocenters. The van der Waals surface area contributed by atoms with E-state index < -0.39 is 5.60 Å². The van der Waals surface area contributed by atoms with Crippen molar-refractivity contribution >= 4 is 27.8 Å². The van der Waals surface area contributed by atoms with Crippen molar-refractivity contribution in [1.82, 2.24) is 4.57 Å². The highest BCUT2D eigenvalue weighted by atomic mass is 16.5. The lowest BCUT2D eigenvalue weighted by Crippen LogP contribution is -2.35. The summed E-state index contributed by atoms with van der Waals surface area (Å²) in [5.74, 6) is 0.914. The molecule has 0 saturated heterocycles. The number of hydrogen-bond acceptors (Lipinski definition) is 1. The summed E-state index contributed by atoms with van der Waals surface area (Å²) in [4.78, 5) is 0. The van der Waals surface area contributed by atoms with Crippen LogP contribution in [0.4, 0.5) is 0 Å². The maximum Gasteiger partial charge on any atom is 0.180 e. The summed E-state index contributed by atoms with van der Waals surface area (Å²) in [6.45, 7) is 2.19. The summed E-state index contributed by atoms with van der Waals surface area (Å²) in [6, 6.07) is 31.9. The maximum absolute atomic E-state index is 7.00. The molecule has 2 heteroatoms. The van der Waals surface area contributed by atoms with E-state index in [2.05, 4.69) is 122 Å². The summed E-state index contributed by atoms with van der Waals surface area (Å²) in [5.41, 5.74) is 5.20. The Labute approximate surface area is 182 Å². The Morgan fingerprint density at radius 2 is 1.45 bits per heavy atom. The van der Waals surface area contributed by atoms with Crippen LogP contribution in [0.2, 0.25) is 0 Å². The van der Waals surface area contributed by atoms with Crippen LogP contribution in [0.3, 0.4) is 0 Å². The van der Waals surface area contributed by atoms with Crippen LogP contribution >= 0.6 is 0 Å². The quantitative estimate of drug-likeness (QED) is 0.311. The van der Waals surface area contributed by atoms with Gasteiger partial charge < -0.3 is 9.30 Å². The molecule has 0 fully saturated rings. The van der Waals surface area contributed by atoms with Crippen LogP contribution < -0.4 is 4.74 Å². The van der Waals surface area contributed by atoms with Crippen molar-refractivity contribution in [2.24, 2.45) is 7.05 Å². The molecule has 5 aromatic rings. The van der Waals surface area contributed by atoms with E-state index in [1.54, 1.807) is 0 Å². The molecular formula is C29H23NO. The summed E-state index contributed by atoms with van der Waals surface area (Å²) >= 11 is 0. The number of fused-ring (bicyclic) bond motifs is 4. The third kappa shape index (κ3) is 2.51. The van der Waals surface area contributed by atoms with E-state index in [9.17, 15) is 0 Å². The van der Waals surface area contributed by atoms with Gasteiger partial charge in [-0.1, -0.05) is 78.9 Å². The fourth-order valence-electron chi connectivity index (χ4n) is 5.05. The molecular weight excluding hydrogens is 378 g/mol. The highest BCUT2D eigenvalue weighted by Crippen LogP contribution is 2.47. The van der Waals surface area contributed by atoms with Gasteiger partial charge in [-0.15, -0.1) is 0 Å². The standard InChI is InChI=1S/C29H23NO/c1-20-28(25-14-8-9-15-26(25)30(20)2)29(22-11-4-3-5-12-22)19-18-24-23-13-7-6-10-21(23)16-17-27(24)31-29/h3-19H,1-2H3. The van der Waals surface area contributed by atoms with Crippen molar-refractivity contribution in [3.05, 3.63) is 119 Å².